The van der Waals surface area contributed by atoms with Crippen LogP contribution in [0.2, 0.25) is 0 Å². The number of nitrogens with zero attached hydrogens (tertiary/aromatic N) is 2. The van der Waals surface area contributed by atoms with E-state index in [4.69, 9.17) is 0 Å². The number of hydrogen-bond donors (Lipinski definition) is 0. The molecule has 0 aliphatic rings. The van der Waals surface area contributed by atoms with Crippen molar-refractivity contribution in [1.82, 2.24) is 0 Å². The van der Waals surface area contributed by atoms with Crippen molar-refractivity contribution in [1.29, 1.82) is 0 Å². The summed E-state index contributed by atoms with van der Waals surface area (Å²) in [6.07, 6.45) is 0. The molecule has 0 saturated heterocycles. The van der Waals surface area contributed by atoms with E-state index in [2.05, 4.69) is 15.9 Å². The summed E-state index contributed by atoms with van der Waals surface area (Å²) < 4.78 is 32.0. The van der Waals surface area contributed by atoms with Gasteiger partial charge >= 0.3 is 0 Å². The predicted octanol–water partition coefficient (Wildman–Crippen LogP) is 5.98. The number of sulfonamides is 1. The summed E-state index contributed by atoms with van der Waals surface area (Å²) in [5, 5.41) is 1.58. The lowest BCUT2D eigenvalue weighted by Crippen LogP contribution is -2.19. The standard InChI is InChI=1S/C29H27N2O2PS/c1-3-31(26-13-7-4-8-14-26)23-24-34(27-15-9-5-10-16-27,28-17-11-6-12-18-28)30-35(32,33)29-21-19-25(2)20-22-29/h4-22H,3H2,1-2H3. The Labute approximate surface area is 208 Å². The molecule has 0 aliphatic heterocycles. The molecule has 4 rings (SSSR count). The number of hydrogen-bond acceptors (Lipinski definition) is 3. The van der Waals surface area contributed by atoms with E-state index in [-0.39, 0.29) is 4.90 Å². The Hall–Kier alpha value is -3.58. The third-order valence-electron chi connectivity index (χ3n) is 5.54. The Morgan fingerprint density at radius 3 is 1.71 bits per heavy atom. The Morgan fingerprint density at radius 1 is 0.743 bits per heavy atom. The summed E-state index contributed by atoms with van der Waals surface area (Å²) in [5.41, 5.74) is 5.32. The monoisotopic (exact) mass is 498 g/mol. The summed E-state index contributed by atoms with van der Waals surface area (Å²) in [4.78, 5) is 2.09. The van der Waals surface area contributed by atoms with Gasteiger partial charge in [-0.25, -0.2) is 0 Å². The van der Waals surface area contributed by atoms with E-state index >= 15 is 0 Å². The van der Waals surface area contributed by atoms with Crippen molar-refractivity contribution in [3.8, 4) is 11.7 Å². The van der Waals surface area contributed by atoms with Crippen molar-refractivity contribution in [2.24, 2.45) is 4.15 Å². The molecule has 0 N–H and O–H groups in total. The molecule has 6 heteroatoms. The largest absolute Gasteiger partial charge is 0.301 e. The van der Waals surface area contributed by atoms with Gasteiger partial charge in [0, 0.05) is 28.9 Å². The van der Waals surface area contributed by atoms with Gasteiger partial charge in [0.1, 0.15) is 7.05 Å². The first-order valence-corrected chi connectivity index (χ1v) is 14.5. The van der Waals surface area contributed by atoms with E-state index in [1.54, 1.807) is 24.3 Å². The van der Waals surface area contributed by atoms with E-state index < -0.39 is 17.1 Å². The van der Waals surface area contributed by atoms with Crippen LogP contribution >= 0.6 is 7.05 Å². The number of rotatable bonds is 6. The van der Waals surface area contributed by atoms with E-state index in [1.807, 2.05) is 110 Å². The summed E-state index contributed by atoms with van der Waals surface area (Å²) in [5.74, 6) is 0. The molecule has 176 valence electrons. The average molecular weight is 499 g/mol. The van der Waals surface area contributed by atoms with Crippen LogP contribution in [-0.4, -0.2) is 15.0 Å². The van der Waals surface area contributed by atoms with Crippen molar-refractivity contribution in [3.63, 3.8) is 0 Å². The number of anilines is 1. The van der Waals surface area contributed by atoms with Crippen molar-refractivity contribution in [2.45, 2.75) is 18.7 Å². The zero-order valence-electron chi connectivity index (χ0n) is 19.7. The fourth-order valence-corrected chi connectivity index (χ4v) is 8.76. The smallest absolute Gasteiger partial charge is 0.282 e. The third kappa shape index (κ3) is 5.57. The maximum Gasteiger partial charge on any atom is 0.282 e. The van der Waals surface area contributed by atoms with Crippen LogP contribution in [0.1, 0.15) is 12.5 Å². The normalized spacial score (nSPS) is 11.3. The Morgan fingerprint density at radius 2 is 1.23 bits per heavy atom. The van der Waals surface area contributed by atoms with E-state index in [0.717, 1.165) is 21.9 Å². The first-order valence-electron chi connectivity index (χ1n) is 11.4. The van der Waals surface area contributed by atoms with Gasteiger partial charge in [0.05, 0.1) is 4.90 Å². The average Bonchev–Trinajstić information content (AvgIpc) is 2.90. The molecule has 35 heavy (non-hydrogen) atoms. The Kier molecular flexibility index (Phi) is 7.56. The van der Waals surface area contributed by atoms with Gasteiger partial charge in [-0.05, 0) is 43.8 Å². The van der Waals surface area contributed by atoms with Crippen LogP contribution in [0, 0.1) is 18.6 Å². The van der Waals surface area contributed by atoms with E-state index in [1.165, 1.54) is 0 Å². The Balaban J connectivity index is 2.03. The molecule has 0 amide bonds. The molecule has 0 radical (unpaired) electrons. The van der Waals surface area contributed by atoms with Crippen molar-refractivity contribution < 1.29 is 8.42 Å². The van der Waals surface area contributed by atoms with E-state index in [9.17, 15) is 8.42 Å². The minimum Gasteiger partial charge on any atom is -0.301 e. The number of aryl methyl sites for hydroxylation is 1. The second-order valence-corrected chi connectivity index (χ2v) is 12.6. The fraction of sp³-hybridized carbons (Fsp3) is 0.103. The minimum absolute atomic E-state index is 0.163. The van der Waals surface area contributed by atoms with Gasteiger partial charge in [0.25, 0.3) is 10.0 Å². The number of benzene rings is 4. The lowest BCUT2D eigenvalue weighted by molar-refractivity contribution is 0.598. The maximum absolute atomic E-state index is 13.7. The van der Waals surface area contributed by atoms with Crippen LogP contribution in [0.25, 0.3) is 0 Å². The second-order valence-electron chi connectivity index (χ2n) is 7.98. The van der Waals surface area contributed by atoms with Gasteiger partial charge in [-0.3, -0.25) is 0 Å². The molecule has 0 atom stereocenters. The predicted molar refractivity (Wildman–Crippen MR) is 147 cm³/mol. The molecular weight excluding hydrogens is 471 g/mol. The zero-order valence-corrected chi connectivity index (χ0v) is 21.5. The molecule has 0 spiro atoms. The molecule has 4 aromatic rings. The minimum atomic E-state index is -4.00. The highest BCUT2D eigenvalue weighted by molar-refractivity contribution is 7.98. The number of para-hydroxylation sites is 1. The van der Waals surface area contributed by atoms with Gasteiger partial charge < -0.3 is 4.90 Å². The fourth-order valence-electron chi connectivity index (χ4n) is 3.67. The molecule has 0 fully saturated rings. The van der Waals surface area contributed by atoms with Crippen LogP contribution in [0.3, 0.4) is 0 Å². The first-order chi connectivity index (χ1) is 16.9. The van der Waals surface area contributed by atoms with Gasteiger partial charge in [-0.1, -0.05) is 96.6 Å². The SMILES string of the molecule is CCN(C#CP(=NS(=O)(=O)c1ccc(C)cc1)(c1ccccc1)c1ccccc1)c1ccccc1. The molecule has 0 bridgehead atoms. The lowest BCUT2D eigenvalue weighted by atomic mass is 10.2. The first kappa shape index (κ1) is 24.5. The summed E-state index contributed by atoms with van der Waals surface area (Å²) in [6, 6.07) is 39.0. The highest BCUT2D eigenvalue weighted by atomic mass is 32.2. The van der Waals surface area contributed by atoms with Gasteiger partial charge in [0.15, 0.2) is 0 Å². The molecular formula is C29H27N2O2PS. The van der Waals surface area contributed by atoms with Crippen LogP contribution < -0.4 is 15.5 Å². The van der Waals surface area contributed by atoms with Crippen LogP contribution in [0.4, 0.5) is 5.69 Å². The second kappa shape index (κ2) is 10.8. The maximum atomic E-state index is 13.7. The van der Waals surface area contributed by atoms with E-state index in [0.29, 0.717) is 6.54 Å². The molecule has 4 aromatic carbocycles. The van der Waals surface area contributed by atoms with Crippen LogP contribution in [0.15, 0.2) is 124 Å². The quantitative estimate of drug-likeness (QED) is 0.187. The molecule has 0 heterocycles. The van der Waals surface area contributed by atoms with Crippen molar-refractivity contribution in [2.75, 3.05) is 11.4 Å². The van der Waals surface area contributed by atoms with Gasteiger partial charge in [-0.15, -0.1) is 0 Å². The highest BCUT2D eigenvalue weighted by Crippen LogP contribution is 2.48. The summed E-state index contributed by atoms with van der Waals surface area (Å²) in [6.45, 7) is 4.59. The zero-order chi connectivity index (χ0) is 24.7. The molecule has 0 saturated carbocycles. The van der Waals surface area contributed by atoms with Crippen molar-refractivity contribution in [3.05, 3.63) is 121 Å². The van der Waals surface area contributed by atoms with Crippen LogP contribution in [-0.2, 0) is 10.0 Å². The summed E-state index contributed by atoms with van der Waals surface area (Å²) >= 11 is 0. The van der Waals surface area contributed by atoms with Crippen LogP contribution in [0.5, 0.6) is 0 Å². The molecule has 4 nitrogen and oxygen atoms in total. The third-order valence-corrected chi connectivity index (χ3v) is 10.8. The topological polar surface area (TPSA) is 49.7 Å². The highest BCUT2D eigenvalue weighted by Gasteiger charge is 2.28. The lowest BCUT2D eigenvalue weighted by Gasteiger charge is -2.21. The van der Waals surface area contributed by atoms with Gasteiger partial charge in [0.2, 0.25) is 0 Å². The van der Waals surface area contributed by atoms with Gasteiger partial charge in [-0.2, -0.15) is 12.6 Å². The molecule has 0 unspecified atom stereocenters. The molecule has 0 aromatic heterocycles. The summed E-state index contributed by atoms with van der Waals surface area (Å²) in [7, 11) is -7.05. The Bertz CT molecular complexity index is 1450. The molecule has 0 aliphatic carbocycles. The van der Waals surface area contributed by atoms with Crippen molar-refractivity contribution >= 4 is 33.4 Å².